The largest absolute Gasteiger partial charge is 0.361 e. The predicted octanol–water partition coefficient (Wildman–Crippen LogP) is 2.72. The molecular weight excluding hydrogens is 174 g/mol. The molecule has 0 aliphatic rings. The molecule has 0 fully saturated rings. The van der Waals surface area contributed by atoms with Crippen molar-refractivity contribution in [3.05, 3.63) is 59.4 Å². The number of hydrogen-bond donors (Lipinski definition) is 1. The van der Waals surface area contributed by atoms with Gasteiger partial charge >= 0.3 is 0 Å². The van der Waals surface area contributed by atoms with Crippen molar-refractivity contribution in [3.63, 3.8) is 0 Å². The molecule has 0 aliphatic carbocycles. The van der Waals surface area contributed by atoms with Crippen molar-refractivity contribution in [1.82, 2.24) is 4.98 Å². The minimum Gasteiger partial charge on any atom is -0.361 e. The fourth-order valence-corrected chi connectivity index (χ4v) is 1.12. The van der Waals surface area contributed by atoms with Crippen LogP contribution in [0.25, 0.3) is 10.9 Å². The molecule has 0 aliphatic heterocycles. The van der Waals surface area contributed by atoms with E-state index in [0.717, 1.165) is 10.9 Å². The minimum atomic E-state index is 0.0688. The molecular formula is C12H13NO. The Labute approximate surface area is 82.9 Å². The lowest BCUT2D eigenvalue weighted by Crippen LogP contribution is -1.98. The molecule has 0 atom stereocenters. The van der Waals surface area contributed by atoms with Gasteiger partial charge in [0.15, 0.2) is 5.43 Å². The molecule has 1 aromatic heterocycles. The van der Waals surface area contributed by atoms with Crippen LogP contribution in [0.3, 0.4) is 0 Å². The van der Waals surface area contributed by atoms with Crippen molar-refractivity contribution in [2.75, 3.05) is 0 Å². The van der Waals surface area contributed by atoms with Gasteiger partial charge in [-0.3, -0.25) is 4.79 Å². The summed E-state index contributed by atoms with van der Waals surface area (Å²) in [6.07, 6.45) is 3.41. The first kappa shape index (κ1) is 10.3. The van der Waals surface area contributed by atoms with E-state index in [4.69, 9.17) is 0 Å². The molecule has 1 aromatic carbocycles. The molecule has 0 radical (unpaired) electrons. The second kappa shape index (κ2) is 5.02. The van der Waals surface area contributed by atoms with Crippen LogP contribution >= 0.6 is 0 Å². The molecule has 0 amide bonds. The third-order valence-corrected chi connectivity index (χ3v) is 1.67. The number of benzene rings is 1. The number of aromatic amines is 1. The lowest BCUT2D eigenvalue weighted by Gasteiger charge is -1.92. The summed E-state index contributed by atoms with van der Waals surface area (Å²) in [5.41, 5.74) is 0.958. The summed E-state index contributed by atoms with van der Waals surface area (Å²) >= 11 is 0. The molecule has 2 nitrogen and oxygen atoms in total. The van der Waals surface area contributed by atoms with E-state index in [1.54, 1.807) is 12.3 Å². The number of rotatable bonds is 0. The van der Waals surface area contributed by atoms with E-state index >= 15 is 0 Å². The van der Waals surface area contributed by atoms with Gasteiger partial charge in [0.2, 0.25) is 0 Å². The second-order valence-corrected chi connectivity index (χ2v) is 2.80. The normalized spacial score (nSPS) is 8.93. The third kappa shape index (κ3) is 2.33. The van der Waals surface area contributed by atoms with Crippen LogP contribution in [0.5, 0.6) is 0 Å². The molecule has 0 saturated carbocycles. The maximum atomic E-state index is 11.2. The first-order chi connectivity index (χ1) is 6.79. The van der Waals surface area contributed by atoms with Crippen molar-refractivity contribution in [2.24, 2.45) is 0 Å². The summed E-state index contributed by atoms with van der Waals surface area (Å²) < 4.78 is 0. The van der Waals surface area contributed by atoms with Gasteiger partial charge in [-0.25, -0.2) is 0 Å². The summed E-state index contributed by atoms with van der Waals surface area (Å²) in [6.45, 7) is 5.25. The van der Waals surface area contributed by atoms with Crippen molar-refractivity contribution in [1.29, 1.82) is 0 Å². The number of pyridine rings is 1. The number of hydrogen-bond acceptors (Lipinski definition) is 1. The summed E-state index contributed by atoms with van der Waals surface area (Å²) in [5, 5.41) is 0.745. The van der Waals surface area contributed by atoms with Gasteiger partial charge in [0.25, 0.3) is 0 Å². The smallest absolute Gasteiger partial charge is 0.189 e. The Morgan fingerprint density at radius 3 is 2.57 bits per heavy atom. The topological polar surface area (TPSA) is 32.9 Å². The highest BCUT2D eigenvalue weighted by Crippen LogP contribution is 2.03. The standard InChI is InChI=1S/C9H7NO.C3H6/c11-9-5-6-10-8-4-2-1-3-7(8)9;1-3-2/h1-6H,(H,10,11);3H,1H2,2H3. The molecule has 2 aromatic rings. The van der Waals surface area contributed by atoms with Crippen molar-refractivity contribution in [3.8, 4) is 0 Å². The van der Waals surface area contributed by atoms with Gasteiger partial charge in [-0.2, -0.15) is 0 Å². The molecule has 72 valence electrons. The number of allylic oxidation sites excluding steroid dienone is 1. The van der Waals surface area contributed by atoms with E-state index in [0.29, 0.717) is 0 Å². The molecule has 2 rings (SSSR count). The van der Waals surface area contributed by atoms with E-state index in [9.17, 15) is 4.79 Å². The quantitative estimate of drug-likeness (QED) is 0.632. The highest BCUT2D eigenvalue weighted by Gasteiger charge is 1.92. The summed E-state index contributed by atoms with van der Waals surface area (Å²) in [7, 11) is 0. The number of fused-ring (bicyclic) bond motifs is 1. The molecule has 1 N–H and O–H groups in total. The van der Waals surface area contributed by atoms with Crippen LogP contribution < -0.4 is 5.43 Å². The average Bonchev–Trinajstić information content (AvgIpc) is 2.20. The molecule has 0 spiro atoms. The summed E-state index contributed by atoms with van der Waals surface area (Å²) in [5.74, 6) is 0. The van der Waals surface area contributed by atoms with Crippen molar-refractivity contribution in [2.45, 2.75) is 6.92 Å². The summed E-state index contributed by atoms with van der Waals surface area (Å²) in [4.78, 5) is 14.2. The van der Waals surface area contributed by atoms with E-state index < -0.39 is 0 Å². The zero-order valence-electron chi connectivity index (χ0n) is 8.16. The monoisotopic (exact) mass is 187 g/mol. The van der Waals surface area contributed by atoms with Gasteiger partial charge in [0.1, 0.15) is 0 Å². The van der Waals surface area contributed by atoms with Crippen LogP contribution in [0.1, 0.15) is 6.92 Å². The van der Waals surface area contributed by atoms with Crippen molar-refractivity contribution < 1.29 is 0 Å². The number of aromatic nitrogens is 1. The van der Waals surface area contributed by atoms with Gasteiger partial charge in [0.05, 0.1) is 0 Å². The maximum absolute atomic E-state index is 11.2. The SMILES string of the molecule is C=CC.O=c1cc[nH]c2ccccc12. The van der Waals surface area contributed by atoms with E-state index in [1.807, 2.05) is 31.2 Å². The van der Waals surface area contributed by atoms with Gasteiger partial charge in [-0.05, 0) is 19.1 Å². The molecule has 14 heavy (non-hydrogen) atoms. The Bertz CT molecular complexity index is 465. The number of H-pyrrole nitrogens is 1. The van der Waals surface area contributed by atoms with E-state index in [2.05, 4.69) is 11.6 Å². The highest BCUT2D eigenvalue weighted by atomic mass is 16.1. The Morgan fingerprint density at radius 1 is 1.29 bits per heavy atom. The second-order valence-electron chi connectivity index (χ2n) is 2.80. The van der Waals surface area contributed by atoms with Gasteiger partial charge in [0, 0.05) is 23.2 Å². The Balaban J connectivity index is 0.000000293. The van der Waals surface area contributed by atoms with Gasteiger partial charge in [-0.1, -0.05) is 18.2 Å². The van der Waals surface area contributed by atoms with Gasteiger partial charge in [-0.15, -0.1) is 6.58 Å². The van der Waals surface area contributed by atoms with Crippen LogP contribution in [-0.2, 0) is 0 Å². The number of para-hydroxylation sites is 1. The van der Waals surface area contributed by atoms with Crippen LogP contribution in [-0.4, -0.2) is 4.98 Å². The Morgan fingerprint density at radius 2 is 1.93 bits per heavy atom. The van der Waals surface area contributed by atoms with E-state index in [-0.39, 0.29) is 5.43 Å². The zero-order valence-corrected chi connectivity index (χ0v) is 8.16. The molecule has 0 bridgehead atoms. The Hall–Kier alpha value is -1.83. The van der Waals surface area contributed by atoms with Crippen molar-refractivity contribution >= 4 is 10.9 Å². The highest BCUT2D eigenvalue weighted by molar-refractivity contribution is 5.77. The Kier molecular flexibility index (Phi) is 3.68. The third-order valence-electron chi connectivity index (χ3n) is 1.67. The van der Waals surface area contributed by atoms with Gasteiger partial charge < -0.3 is 4.98 Å². The average molecular weight is 187 g/mol. The zero-order chi connectivity index (χ0) is 10.4. The molecule has 0 unspecified atom stereocenters. The van der Waals surface area contributed by atoms with Crippen LogP contribution in [0.2, 0.25) is 0 Å². The first-order valence-corrected chi connectivity index (χ1v) is 4.43. The van der Waals surface area contributed by atoms with Crippen LogP contribution in [0, 0.1) is 0 Å². The maximum Gasteiger partial charge on any atom is 0.189 e. The minimum absolute atomic E-state index is 0.0688. The van der Waals surface area contributed by atoms with Crippen LogP contribution in [0.4, 0.5) is 0 Å². The predicted molar refractivity (Wildman–Crippen MR) is 60.4 cm³/mol. The van der Waals surface area contributed by atoms with E-state index in [1.165, 1.54) is 6.07 Å². The first-order valence-electron chi connectivity index (χ1n) is 4.43. The van der Waals surface area contributed by atoms with Crippen LogP contribution in [0.15, 0.2) is 54.0 Å². The number of nitrogens with one attached hydrogen (secondary N) is 1. The molecule has 0 saturated heterocycles. The summed E-state index contributed by atoms with van der Waals surface area (Å²) in [6, 6.07) is 8.99. The lowest BCUT2D eigenvalue weighted by atomic mass is 10.2. The lowest BCUT2D eigenvalue weighted by molar-refractivity contribution is 1.39. The molecule has 2 heteroatoms. The molecule has 1 heterocycles. The fourth-order valence-electron chi connectivity index (χ4n) is 1.12. The fraction of sp³-hybridized carbons (Fsp3) is 0.0833.